The lowest BCUT2D eigenvalue weighted by atomic mass is 9.74. The third-order valence-corrected chi connectivity index (χ3v) is 5.85. The van der Waals surface area contributed by atoms with Gasteiger partial charge < -0.3 is 15.4 Å². The summed E-state index contributed by atoms with van der Waals surface area (Å²) < 4.78 is 5.64. The maximum Gasteiger partial charge on any atom is 0.129 e. The number of ether oxygens (including phenoxy) is 1. The number of hydrogen-bond donors (Lipinski definition) is 2. The molecule has 2 aliphatic rings. The van der Waals surface area contributed by atoms with Gasteiger partial charge in [0.05, 0.1) is 5.69 Å². The van der Waals surface area contributed by atoms with Gasteiger partial charge in [-0.2, -0.15) is 0 Å². The molecule has 1 atom stereocenters. The quantitative estimate of drug-likeness (QED) is 0.866. The van der Waals surface area contributed by atoms with Crippen molar-refractivity contribution in [2.45, 2.75) is 37.0 Å². The third kappa shape index (κ3) is 3.89. The van der Waals surface area contributed by atoms with E-state index in [2.05, 4.69) is 57.0 Å². The molecule has 3 heterocycles. The molecule has 4 rings (SSSR count). The molecule has 2 fully saturated rings. The van der Waals surface area contributed by atoms with Crippen molar-refractivity contribution in [3.8, 4) is 0 Å². The van der Waals surface area contributed by atoms with Crippen LogP contribution in [0.25, 0.3) is 0 Å². The Morgan fingerprint density at radius 3 is 2.77 bits per heavy atom. The Bertz CT molecular complexity index is 694. The van der Waals surface area contributed by atoms with E-state index in [0.29, 0.717) is 5.92 Å². The van der Waals surface area contributed by atoms with Crippen molar-refractivity contribution in [1.29, 1.82) is 0 Å². The van der Waals surface area contributed by atoms with Gasteiger partial charge in [-0.25, -0.2) is 9.97 Å². The van der Waals surface area contributed by atoms with Crippen LogP contribution in [0.3, 0.4) is 0 Å². The number of nitrogens with zero attached hydrogens (tertiary/aromatic N) is 2. The van der Waals surface area contributed by atoms with Crippen LogP contribution in [0.5, 0.6) is 0 Å². The van der Waals surface area contributed by atoms with Crippen LogP contribution in [0.2, 0.25) is 0 Å². The fourth-order valence-electron chi connectivity index (χ4n) is 4.18. The Morgan fingerprint density at radius 2 is 2.00 bits per heavy atom. The van der Waals surface area contributed by atoms with Crippen LogP contribution in [-0.2, 0) is 10.2 Å². The summed E-state index contributed by atoms with van der Waals surface area (Å²) in [5.41, 5.74) is 2.65. The van der Waals surface area contributed by atoms with Gasteiger partial charge in [0.2, 0.25) is 0 Å². The van der Waals surface area contributed by atoms with E-state index in [1.807, 2.05) is 0 Å². The molecule has 0 spiro atoms. The van der Waals surface area contributed by atoms with E-state index in [0.717, 1.165) is 57.2 Å². The van der Waals surface area contributed by atoms with Crippen molar-refractivity contribution in [3.63, 3.8) is 0 Å². The van der Waals surface area contributed by atoms with Crippen LogP contribution in [-0.4, -0.2) is 42.8 Å². The number of aromatic nitrogens is 2. The lowest BCUT2D eigenvalue weighted by molar-refractivity contribution is 0.0543. The number of hydrogen-bond acceptors (Lipinski definition) is 5. The van der Waals surface area contributed by atoms with Crippen molar-refractivity contribution in [2.24, 2.45) is 0 Å². The van der Waals surface area contributed by atoms with Crippen LogP contribution < -0.4 is 10.6 Å². The summed E-state index contributed by atoms with van der Waals surface area (Å²) in [4.78, 5) is 8.99. The molecule has 0 bridgehead atoms. The Hall–Kier alpha value is -1.98. The SMILES string of the molecule is c1ccc(C2(CNc3cc(C4CCCNC4)ncn3)CCOCC2)cc1. The van der Waals surface area contributed by atoms with E-state index in [1.54, 1.807) is 6.33 Å². The highest BCUT2D eigenvalue weighted by Crippen LogP contribution is 2.35. The number of nitrogens with one attached hydrogen (secondary N) is 2. The van der Waals surface area contributed by atoms with Crippen LogP contribution in [0.1, 0.15) is 42.9 Å². The number of piperidine rings is 1. The second kappa shape index (κ2) is 8.14. The summed E-state index contributed by atoms with van der Waals surface area (Å²) in [7, 11) is 0. The van der Waals surface area contributed by atoms with Gasteiger partial charge in [-0.1, -0.05) is 30.3 Å². The Balaban J connectivity index is 1.49. The third-order valence-electron chi connectivity index (χ3n) is 5.85. The minimum absolute atomic E-state index is 0.108. The van der Waals surface area contributed by atoms with Gasteiger partial charge in [0.1, 0.15) is 12.1 Å². The first-order valence-electron chi connectivity index (χ1n) is 9.76. The van der Waals surface area contributed by atoms with Crippen LogP contribution in [0.4, 0.5) is 5.82 Å². The minimum Gasteiger partial charge on any atom is -0.381 e. The van der Waals surface area contributed by atoms with Gasteiger partial charge in [-0.3, -0.25) is 0 Å². The van der Waals surface area contributed by atoms with Gasteiger partial charge >= 0.3 is 0 Å². The first-order valence-corrected chi connectivity index (χ1v) is 9.76. The van der Waals surface area contributed by atoms with E-state index in [-0.39, 0.29) is 5.41 Å². The molecule has 1 aromatic carbocycles. The van der Waals surface area contributed by atoms with Crippen LogP contribution in [0, 0.1) is 0 Å². The fraction of sp³-hybridized carbons (Fsp3) is 0.524. The molecule has 0 radical (unpaired) electrons. The zero-order valence-electron chi connectivity index (χ0n) is 15.3. The molecule has 0 amide bonds. The van der Waals surface area contributed by atoms with Gasteiger partial charge in [-0.15, -0.1) is 0 Å². The maximum absolute atomic E-state index is 5.64. The molecule has 5 nitrogen and oxygen atoms in total. The van der Waals surface area contributed by atoms with Crippen molar-refractivity contribution in [2.75, 3.05) is 38.2 Å². The highest BCUT2D eigenvalue weighted by atomic mass is 16.5. The molecular formula is C21H28N4O. The molecule has 2 N–H and O–H groups in total. The average molecular weight is 352 g/mol. The Labute approximate surface area is 155 Å². The molecule has 0 saturated carbocycles. The predicted octanol–water partition coefficient (Wildman–Crippen LogP) is 3.10. The fourth-order valence-corrected chi connectivity index (χ4v) is 4.18. The average Bonchev–Trinajstić information content (AvgIpc) is 2.74. The van der Waals surface area contributed by atoms with E-state index < -0.39 is 0 Å². The first kappa shape index (κ1) is 17.4. The molecule has 2 aromatic rings. The summed E-state index contributed by atoms with van der Waals surface area (Å²) in [5.74, 6) is 1.43. The lowest BCUT2D eigenvalue weighted by Gasteiger charge is -2.38. The summed E-state index contributed by atoms with van der Waals surface area (Å²) in [5, 5.41) is 7.08. The smallest absolute Gasteiger partial charge is 0.129 e. The van der Waals surface area contributed by atoms with Gasteiger partial charge in [-0.05, 0) is 37.8 Å². The summed E-state index contributed by atoms with van der Waals surface area (Å²) in [6.07, 6.45) is 6.19. The lowest BCUT2D eigenvalue weighted by Crippen LogP contribution is -2.40. The minimum atomic E-state index is 0.108. The largest absolute Gasteiger partial charge is 0.381 e. The van der Waals surface area contributed by atoms with Crippen molar-refractivity contribution in [3.05, 3.63) is 54.0 Å². The highest BCUT2D eigenvalue weighted by molar-refractivity contribution is 5.38. The van der Waals surface area contributed by atoms with Crippen molar-refractivity contribution < 1.29 is 4.74 Å². The van der Waals surface area contributed by atoms with Crippen molar-refractivity contribution >= 4 is 5.82 Å². The summed E-state index contributed by atoms with van der Waals surface area (Å²) >= 11 is 0. The molecule has 2 aliphatic heterocycles. The zero-order valence-corrected chi connectivity index (χ0v) is 15.3. The normalized spacial score (nSPS) is 22.7. The Morgan fingerprint density at radius 1 is 1.15 bits per heavy atom. The summed E-state index contributed by atoms with van der Waals surface area (Å²) in [6.45, 7) is 4.65. The topological polar surface area (TPSA) is 59.1 Å². The van der Waals surface area contributed by atoms with Gasteiger partial charge in [0.15, 0.2) is 0 Å². The second-order valence-corrected chi connectivity index (χ2v) is 7.48. The number of benzene rings is 1. The summed E-state index contributed by atoms with van der Waals surface area (Å²) in [6, 6.07) is 13.0. The molecule has 2 saturated heterocycles. The van der Waals surface area contributed by atoms with Crippen LogP contribution in [0.15, 0.2) is 42.7 Å². The molecule has 1 aromatic heterocycles. The van der Waals surface area contributed by atoms with Crippen LogP contribution >= 0.6 is 0 Å². The monoisotopic (exact) mass is 352 g/mol. The van der Waals surface area contributed by atoms with E-state index >= 15 is 0 Å². The Kier molecular flexibility index (Phi) is 5.46. The standard InChI is InChI=1S/C21H28N4O/c1-2-6-18(7-3-1)21(8-11-26-12-9-21)15-23-20-13-19(24-16-25-20)17-5-4-10-22-14-17/h1-3,6-7,13,16-17,22H,4-5,8-12,14-15H2,(H,23,24,25). The van der Waals surface area contributed by atoms with E-state index in [4.69, 9.17) is 4.74 Å². The maximum atomic E-state index is 5.64. The van der Waals surface area contributed by atoms with E-state index in [1.165, 1.54) is 18.4 Å². The molecule has 0 aliphatic carbocycles. The van der Waals surface area contributed by atoms with Gasteiger partial charge in [0, 0.05) is 43.7 Å². The predicted molar refractivity (Wildman–Crippen MR) is 104 cm³/mol. The number of anilines is 1. The zero-order chi connectivity index (χ0) is 17.7. The van der Waals surface area contributed by atoms with Gasteiger partial charge in [0.25, 0.3) is 0 Å². The number of rotatable bonds is 5. The van der Waals surface area contributed by atoms with E-state index in [9.17, 15) is 0 Å². The second-order valence-electron chi connectivity index (χ2n) is 7.48. The molecular weight excluding hydrogens is 324 g/mol. The molecule has 138 valence electrons. The highest BCUT2D eigenvalue weighted by Gasteiger charge is 2.34. The molecule has 1 unspecified atom stereocenters. The molecule has 5 heteroatoms. The first-order chi connectivity index (χ1) is 12.9. The molecule has 26 heavy (non-hydrogen) atoms. The van der Waals surface area contributed by atoms with Crippen molar-refractivity contribution in [1.82, 2.24) is 15.3 Å².